The maximum atomic E-state index is 14.0. The summed E-state index contributed by atoms with van der Waals surface area (Å²) in [7, 11) is 1.56. The van der Waals surface area contributed by atoms with Crippen LogP contribution in [0.3, 0.4) is 0 Å². The number of hydrogen-bond acceptors (Lipinski definition) is 2. The molecule has 1 N–H and O–H groups in total. The minimum Gasteiger partial charge on any atom is -0.496 e. The number of methoxy groups -OCH3 is 1. The van der Waals surface area contributed by atoms with Crippen LogP contribution >= 0.6 is 27.5 Å². The highest BCUT2D eigenvalue weighted by atomic mass is 79.9. The van der Waals surface area contributed by atoms with E-state index in [9.17, 15) is 9.50 Å². The zero-order valence-electron chi connectivity index (χ0n) is 10.7. The van der Waals surface area contributed by atoms with Crippen LogP contribution in [0.2, 0.25) is 5.02 Å². The highest BCUT2D eigenvalue weighted by Gasteiger charge is 2.18. The van der Waals surface area contributed by atoms with Crippen LogP contribution < -0.4 is 4.74 Å². The lowest BCUT2D eigenvalue weighted by Crippen LogP contribution is -2.06. The highest BCUT2D eigenvalue weighted by Crippen LogP contribution is 2.32. The molecule has 1 unspecified atom stereocenters. The largest absolute Gasteiger partial charge is 0.496 e. The first-order valence-electron chi connectivity index (χ1n) is 5.98. The molecule has 0 radical (unpaired) electrons. The number of halogens is 3. The molecule has 20 heavy (non-hydrogen) atoms. The Morgan fingerprint density at radius 2 is 2.00 bits per heavy atom. The summed E-state index contributed by atoms with van der Waals surface area (Å²) < 4.78 is 19.7. The molecule has 0 amide bonds. The number of hydrogen-bond donors (Lipinski definition) is 1. The average molecular weight is 360 g/mol. The second kappa shape index (κ2) is 6.57. The van der Waals surface area contributed by atoms with Gasteiger partial charge < -0.3 is 9.84 Å². The summed E-state index contributed by atoms with van der Waals surface area (Å²) in [6.45, 7) is 0. The molecule has 0 aliphatic carbocycles. The molecular formula is C15H13BrClFO2. The summed E-state index contributed by atoms with van der Waals surface area (Å²) >= 11 is 8.98. The van der Waals surface area contributed by atoms with Crippen LogP contribution in [-0.4, -0.2) is 12.2 Å². The van der Waals surface area contributed by atoms with E-state index in [0.29, 0.717) is 10.2 Å². The second-order valence-electron chi connectivity index (χ2n) is 4.30. The van der Waals surface area contributed by atoms with Gasteiger partial charge in [0.1, 0.15) is 11.6 Å². The third-order valence-corrected chi connectivity index (χ3v) is 4.29. The number of ether oxygens (including phenoxy) is 1. The van der Waals surface area contributed by atoms with Gasteiger partial charge in [0.25, 0.3) is 0 Å². The molecule has 2 aromatic carbocycles. The fourth-order valence-corrected chi connectivity index (χ4v) is 2.47. The van der Waals surface area contributed by atoms with E-state index in [-0.39, 0.29) is 17.0 Å². The Labute approximate surface area is 130 Å². The summed E-state index contributed by atoms with van der Waals surface area (Å²) in [4.78, 5) is 0. The summed E-state index contributed by atoms with van der Waals surface area (Å²) in [5.74, 6) is 0.0543. The quantitative estimate of drug-likeness (QED) is 0.813. The van der Waals surface area contributed by atoms with E-state index in [2.05, 4.69) is 15.9 Å². The standard InChI is InChI=1S/C15H13BrClFO2/c1-20-13-5-3-2-4-9(13)8-12(19)10-6-7-11(16)14(17)15(10)18/h2-7,12,19H,8H2,1H3. The van der Waals surface area contributed by atoms with Crippen LogP contribution in [0.25, 0.3) is 0 Å². The van der Waals surface area contributed by atoms with E-state index < -0.39 is 11.9 Å². The van der Waals surface area contributed by atoms with E-state index in [0.717, 1.165) is 5.56 Å². The topological polar surface area (TPSA) is 29.5 Å². The molecule has 0 aliphatic heterocycles. The van der Waals surface area contributed by atoms with Gasteiger partial charge in [0.05, 0.1) is 18.2 Å². The lowest BCUT2D eigenvalue weighted by atomic mass is 10.0. The zero-order valence-corrected chi connectivity index (χ0v) is 13.1. The summed E-state index contributed by atoms with van der Waals surface area (Å²) in [6, 6.07) is 10.5. The van der Waals surface area contributed by atoms with Gasteiger partial charge in [0.15, 0.2) is 0 Å². The third kappa shape index (κ3) is 3.14. The molecule has 0 saturated heterocycles. The molecule has 0 bridgehead atoms. The van der Waals surface area contributed by atoms with Gasteiger partial charge in [-0.15, -0.1) is 0 Å². The number of rotatable bonds is 4. The SMILES string of the molecule is COc1ccccc1CC(O)c1ccc(Br)c(Cl)c1F. The Kier molecular flexibility index (Phi) is 5.02. The van der Waals surface area contributed by atoms with Crippen LogP contribution in [0.4, 0.5) is 4.39 Å². The lowest BCUT2D eigenvalue weighted by molar-refractivity contribution is 0.172. The van der Waals surface area contributed by atoms with Gasteiger partial charge in [-0.3, -0.25) is 0 Å². The van der Waals surface area contributed by atoms with Crippen molar-refractivity contribution in [1.82, 2.24) is 0 Å². The van der Waals surface area contributed by atoms with Gasteiger partial charge in [0.2, 0.25) is 0 Å². The predicted octanol–water partition coefficient (Wildman–Crippen LogP) is 4.53. The molecule has 0 aromatic heterocycles. The third-order valence-electron chi connectivity index (χ3n) is 3.03. The maximum Gasteiger partial charge on any atom is 0.148 e. The van der Waals surface area contributed by atoms with Crippen molar-refractivity contribution in [1.29, 1.82) is 0 Å². The molecule has 0 heterocycles. The van der Waals surface area contributed by atoms with E-state index in [1.165, 1.54) is 6.07 Å². The Balaban J connectivity index is 2.29. The van der Waals surface area contributed by atoms with Crippen LogP contribution in [0.5, 0.6) is 5.75 Å². The van der Waals surface area contributed by atoms with E-state index >= 15 is 0 Å². The Morgan fingerprint density at radius 3 is 2.70 bits per heavy atom. The first-order valence-corrected chi connectivity index (χ1v) is 7.15. The van der Waals surface area contributed by atoms with Gasteiger partial charge in [-0.05, 0) is 33.6 Å². The monoisotopic (exact) mass is 358 g/mol. The van der Waals surface area contributed by atoms with Gasteiger partial charge in [-0.25, -0.2) is 4.39 Å². The minimum atomic E-state index is -0.989. The molecule has 0 spiro atoms. The van der Waals surface area contributed by atoms with Crippen LogP contribution in [0.15, 0.2) is 40.9 Å². The molecule has 0 fully saturated rings. The fraction of sp³-hybridized carbons (Fsp3) is 0.200. The van der Waals surface area contributed by atoms with Crippen LogP contribution in [0.1, 0.15) is 17.2 Å². The molecule has 2 nitrogen and oxygen atoms in total. The van der Waals surface area contributed by atoms with Crippen molar-refractivity contribution in [2.45, 2.75) is 12.5 Å². The van der Waals surface area contributed by atoms with Gasteiger partial charge in [-0.1, -0.05) is 35.9 Å². The summed E-state index contributed by atoms with van der Waals surface area (Å²) in [5, 5.41) is 10.2. The highest BCUT2D eigenvalue weighted by molar-refractivity contribution is 9.10. The molecule has 106 valence electrons. The normalized spacial score (nSPS) is 12.2. The smallest absolute Gasteiger partial charge is 0.148 e. The van der Waals surface area contributed by atoms with Crippen LogP contribution in [-0.2, 0) is 6.42 Å². The van der Waals surface area contributed by atoms with Crippen molar-refractivity contribution in [2.75, 3.05) is 7.11 Å². The number of benzene rings is 2. The van der Waals surface area contributed by atoms with Crippen molar-refractivity contribution < 1.29 is 14.2 Å². The molecule has 0 saturated carbocycles. The van der Waals surface area contributed by atoms with Crippen molar-refractivity contribution in [3.63, 3.8) is 0 Å². The molecule has 2 aromatic rings. The predicted molar refractivity (Wildman–Crippen MR) is 80.8 cm³/mol. The van der Waals surface area contributed by atoms with Crippen molar-refractivity contribution >= 4 is 27.5 Å². The maximum absolute atomic E-state index is 14.0. The van der Waals surface area contributed by atoms with E-state index in [1.54, 1.807) is 19.2 Å². The molecular weight excluding hydrogens is 347 g/mol. The first-order chi connectivity index (χ1) is 9.54. The van der Waals surface area contributed by atoms with Crippen molar-refractivity contribution in [2.24, 2.45) is 0 Å². The molecule has 5 heteroatoms. The van der Waals surface area contributed by atoms with Crippen LogP contribution in [0, 0.1) is 5.82 Å². The second-order valence-corrected chi connectivity index (χ2v) is 5.53. The van der Waals surface area contributed by atoms with E-state index in [4.69, 9.17) is 16.3 Å². The summed E-state index contributed by atoms with van der Waals surface area (Å²) in [5.41, 5.74) is 0.977. The van der Waals surface area contributed by atoms with Gasteiger partial charge >= 0.3 is 0 Å². The molecule has 1 atom stereocenters. The number of aliphatic hydroxyl groups is 1. The van der Waals surface area contributed by atoms with Gasteiger partial charge in [-0.2, -0.15) is 0 Å². The Hall–Kier alpha value is -1.10. The lowest BCUT2D eigenvalue weighted by Gasteiger charge is -2.15. The fourth-order valence-electron chi connectivity index (χ4n) is 1.99. The minimum absolute atomic E-state index is 0.0263. The molecule has 0 aliphatic rings. The zero-order chi connectivity index (χ0) is 14.7. The summed E-state index contributed by atoms with van der Waals surface area (Å²) in [6.07, 6.45) is -0.740. The van der Waals surface area contributed by atoms with E-state index in [1.807, 2.05) is 18.2 Å². The number of para-hydroxylation sites is 1. The Morgan fingerprint density at radius 1 is 1.30 bits per heavy atom. The average Bonchev–Trinajstić information content (AvgIpc) is 2.45. The molecule has 2 rings (SSSR count). The first kappa shape index (κ1) is 15.3. The van der Waals surface area contributed by atoms with Crippen molar-refractivity contribution in [3.8, 4) is 5.75 Å². The van der Waals surface area contributed by atoms with Gasteiger partial charge in [0, 0.05) is 16.5 Å². The number of aliphatic hydroxyl groups excluding tert-OH is 1. The van der Waals surface area contributed by atoms with Crippen molar-refractivity contribution in [3.05, 3.63) is 62.8 Å². The Bertz CT molecular complexity index is 619.